The lowest BCUT2D eigenvalue weighted by molar-refractivity contribution is -0.0818. The molecular formula is C28H34N2O2. The minimum absolute atomic E-state index is 0.154. The van der Waals surface area contributed by atoms with Gasteiger partial charge in [-0.25, -0.2) is 0 Å². The predicted molar refractivity (Wildman–Crippen MR) is 130 cm³/mol. The highest BCUT2D eigenvalue weighted by atomic mass is 16.5. The molecule has 1 heterocycles. The van der Waals surface area contributed by atoms with Crippen LogP contribution in [0.1, 0.15) is 50.6 Å². The Morgan fingerprint density at radius 1 is 0.969 bits per heavy atom. The highest BCUT2D eigenvalue weighted by Crippen LogP contribution is 2.37. The molecule has 5 rings (SSSR count). The number of hydrogen-bond acceptors (Lipinski definition) is 4. The smallest absolute Gasteiger partial charge is 0.135 e. The first kappa shape index (κ1) is 21.4. The second kappa shape index (κ2) is 9.22. The Hall–Kier alpha value is -2.40. The first-order chi connectivity index (χ1) is 15.6. The van der Waals surface area contributed by atoms with E-state index in [0.29, 0.717) is 0 Å². The highest BCUT2D eigenvalue weighted by molar-refractivity contribution is 5.88. The minimum Gasteiger partial charge on any atom is -0.457 e. The number of piperazine rings is 1. The van der Waals surface area contributed by atoms with Gasteiger partial charge in [0.1, 0.15) is 11.5 Å². The van der Waals surface area contributed by atoms with Gasteiger partial charge in [0.15, 0.2) is 0 Å². The van der Waals surface area contributed by atoms with Crippen LogP contribution in [0.3, 0.4) is 0 Å². The number of fused-ring (bicyclic) bond motifs is 1. The molecule has 1 saturated heterocycles. The lowest BCUT2D eigenvalue weighted by Gasteiger charge is -2.48. The number of benzene rings is 3. The fraction of sp³-hybridized carbons (Fsp3) is 0.429. The summed E-state index contributed by atoms with van der Waals surface area (Å²) in [6.45, 7) is 5.06. The molecule has 32 heavy (non-hydrogen) atoms. The second-order valence-electron chi connectivity index (χ2n) is 9.45. The molecule has 4 nitrogen and oxygen atoms in total. The first-order valence-electron chi connectivity index (χ1n) is 12.1. The first-order valence-corrected chi connectivity index (χ1v) is 12.1. The van der Waals surface area contributed by atoms with Crippen molar-refractivity contribution in [2.45, 2.75) is 56.7 Å². The van der Waals surface area contributed by atoms with Crippen LogP contribution < -0.4 is 10.1 Å². The van der Waals surface area contributed by atoms with Crippen molar-refractivity contribution in [2.75, 3.05) is 19.6 Å². The van der Waals surface area contributed by atoms with Gasteiger partial charge >= 0.3 is 0 Å². The van der Waals surface area contributed by atoms with E-state index in [-0.39, 0.29) is 12.1 Å². The number of aliphatic hydroxyl groups is 1. The van der Waals surface area contributed by atoms with Gasteiger partial charge in [-0.1, -0.05) is 67.8 Å². The Bertz CT molecular complexity index is 1040. The molecule has 1 aliphatic heterocycles. The van der Waals surface area contributed by atoms with Crippen LogP contribution in [0.25, 0.3) is 10.8 Å². The van der Waals surface area contributed by atoms with Crippen LogP contribution in [-0.2, 0) is 0 Å². The van der Waals surface area contributed by atoms with Gasteiger partial charge in [0, 0.05) is 37.1 Å². The number of hydrogen-bond donors (Lipinski definition) is 2. The standard InChI is InChI=1S/C28H34N2O2/c1-21(28(31)16-5-2-6-17-28)30-19-18-29-20-26(30)23-12-14-24(15-13-23)32-27-11-7-9-22-8-3-4-10-25(22)27/h3-4,7-15,21,26,29,31H,2,5-6,16-20H2,1H3. The van der Waals surface area contributed by atoms with E-state index in [4.69, 9.17) is 4.74 Å². The summed E-state index contributed by atoms with van der Waals surface area (Å²) in [5.41, 5.74) is 0.708. The molecule has 2 atom stereocenters. The van der Waals surface area contributed by atoms with Crippen molar-refractivity contribution in [3.8, 4) is 11.5 Å². The molecule has 2 N–H and O–H groups in total. The maximum atomic E-state index is 11.4. The summed E-state index contributed by atoms with van der Waals surface area (Å²) in [5.74, 6) is 1.73. The van der Waals surface area contributed by atoms with Gasteiger partial charge in [-0.3, -0.25) is 4.90 Å². The van der Waals surface area contributed by atoms with E-state index in [2.05, 4.69) is 65.7 Å². The van der Waals surface area contributed by atoms with Crippen molar-refractivity contribution >= 4 is 10.8 Å². The Balaban J connectivity index is 1.35. The Morgan fingerprint density at radius 3 is 2.53 bits per heavy atom. The van der Waals surface area contributed by atoms with Gasteiger partial charge in [-0.15, -0.1) is 0 Å². The van der Waals surface area contributed by atoms with E-state index < -0.39 is 5.60 Å². The van der Waals surface area contributed by atoms with Crippen LogP contribution in [0.15, 0.2) is 66.7 Å². The van der Waals surface area contributed by atoms with Crippen molar-refractivity contribution < 1.29 is 9.84 Å². The van der Waals surface area contributed by atoms with Crippen LogP contribution in [0.5, 0.6) is 11.5 Å². The second-order valence-corrected chi connectivity index (χ2v) is 9.45. The molecule has 4 heteroatoms. The fourth-order valence-electron chi connectivity index (χ4n) is 5.55. The van der Waals surface area contributed by atoms with Crippen molar-refractivity contribution in [1.29, 1.82) is 0 Å². The SMILES string of the molecule is CC(N1CCNCC1c1ccc(Oc2cccc3ccccc23)cc1)C1(O)CCCCC1. The third kappa shape index (κ3) is 4.27. The van der Waals surface area contributed by atoms with Crippen LogP contribution in [0, 0.1) is 0 Å². The maximum absolute atomic E-state index is 11.4. The van der Waals surface area contributed by atoms with Gasteiger partial charge in [0.05, 0.1) is 5.60 Å². The normalized spacial score (nSPS) is 22.5. The third-order valence-electron chi connectivity index (χ3n) is 7.52. The average Bonchev–Trinajstić information content (AvgIpc) is 2.85. The lowest BCUT2D eigenvalue weighted by Crippen LogP contribution is -2.58. The molecule has 0 radical (unpaired) electrons. The predicted octanol–water partition coefficient (Wildman–Crippen LogP) is 5.66. The molecule has 0 spiro atoms. The summed E-state index contributed by atoms with van der Waals surface area (Å²) in [7, 11) is 0. The molecule has 3 aromatic carbocycles. The summed E-state index contributed by atoms with van der Waals surface area (Å²) in [6.07, 6.45) is 5.36. The van der Waals surface area contributed by atoms with Crippen LogP contribution in [0.4, 0.5) is 0 Å². The Labute approximate surface area is 191 Å². The molecule has 0 amide bonds. The van der Waals surface area contributed by atoms with E-state index in [9.17, 15) is 5.11 Å². The topological polar surface area (TPSA) is 44.7 Å². The third-order valence-corrected chi connectivity index (χ3v) is 7.52. The number of nitrogens with zero attached hydrogens (tertiary/aromatic N) is 1. The summed E-state index contributed by atoms with van der Waals surface area (Å²) in [5, 5.41) is 17.2. The van der Waals surface area contributed by atoms with Gasteiger partial charge < -0.3 is 15.2 Å². The molecular weight excluding hydrogens is 396 g/mol. The zero-order valence-electron chi connectivity index (χ0n) is 19.0. The summed E-state index contributed by atoms with van der Waals surface area (Å²) in [6, 6.07) is 23.4. The highest BCUT2D eigenvalue weighted by Gasteiger charge is 2.41. The lowest BCUT2D eigenvalue weighted by atomic mass is 9.78. The van der Waals surface area contributed by atoms with E-state index in [1.807, 2.05) is 18.2 Å². The van der Waals surface area contributed by atoms with Crippen LogP contribution >= 0.6 is 0 Å². The number of nitrogens with one attached hydrogen (secondary N) is 1. The minimum atomic E-state index is -0.564. The number of ether oxygens (including phenoxy) is 1. The van der Waals surface area contributed by atoms with Gasteiger partial charge in [-0.2, -0.15) is 0 Å². The molecule has 2 aliphatic rings. The summed E-state index contributed by atoms with van der Waals surface area (Å²) >= 11 is 0. The summed E-state index contributed by atoms with van der Waals surface area (Å²) in [4.78, 5) is 2.52. The van der Waals surface area contributed by atoms with Crippen molar-refractivity contribution in [2.24, 2.45) is 0 Å². The molecule has 0 bridgehead atoms. The molecule has 1 aliphatic carbocycles. The maximum Gasteiger partial charge on any atom is 0.135 e. The molecule has 1 saturated carbocycles. The largest absolute Gasteiger partial charge is 0.457 e. The Morgan fingerprint density at radius 2 is 1.72 bits per heavy atom. The van der Waals surface area contributed by atoms with Gasteiger partial charge in [0.2, 0.25) is 0 Å². The van der Waals surface area contributed by atoms with E-state index in [0.717, 1.165) is 62.2 Å². The Kier molecular flexibility index (Phi) is 6.18. The van der Waals surface area contributed by atoms with Gasteiger partial charge in [-0.05, 0) is 48.9 Å². The van der Waals surface area contributed by atoms with Crippen molar-refractivity contribution in [3.05, 3.63) is 72.3 Å². The quantitative estimate of drug-likeness (QED) is 0.548. The molecule has 2 unspecified atom stereocenters. The van der Waals surface area contributed by atoms with E-state index in [1.165, 1.54) is 17.4 Å². The number of rotatable bonds is 5. The van der Waals surface area contributed by atoms with Crippen molar-refractivity contribution in [3.63, 3.8) is 0 Å². The molecule has 2 fully saturated rings. The van der Waals surface area contributed by atoms with Crippen molar-refractivity contribution in [1.82, 2.24) is 10.2 Å². The van der Waals surface area contributed by atoms with Gasteiger partial charge in [0.25, 0.3) is 0 Å². The zero-order valence-corrected chi connectivity index (χ0v) is 19.0. The molecule has 168 valence electrons. The van der Waals surface area contributed by atoms with Crippen LogP contribution in [0.2, 0.25) is 0 Å². The zero-order chi connectivity index (χ0) is 22.0. The molecule has 0 aromatic heterocycles. The van der Waals surface area contributed by atoms with E-state index in [1.54, 1.807) is 0 Å². The summed E-state index contributed by atoms with van der Waals surface area (Å²) < 4.78 is 6.25. The monoisotopic (exact) mass is 430 g/mol. The van der Waals surface area contributed by atoms with E-state index >= 15 is 0 Å². The molecule has 3 aromatic rings. The average molecular weight is 431 g/mol. The fourth-order valence-corrected chi connectivity index (χ4v) is 5.55. The van der Waals surface area contributed by atoms with Crippen LogP contribution in [-0.4, -0.2) is 41.3 Å².